The van der Waals surface area contributed by atoms with Gasteiger partial charge in [-0.3, -0.25) is 9.69 Å². The van der Waals surface area contributed by atoms with Crippen LogP contribution in [-0.2, 0) is 19.5 Å². The molecule has 142 valence electrons. The van der Waals surface area contributed by atoms with Crippen LogP contribution in [0.25, 0.3) is 0 Å². The van der Waals surface area contributed by atoms with Gasteiger partial charge in [-0.15, -0.1) is 10.2 Å². The number of nitrogens with zero attached hydrogens (tertiary/aromatic N) is 4. The van der Waals surface area contributed by atoms with Gasteiger partial charge < -0.3 is 14.6 Å². The predicted molar refractivity (Wildman–Crippen MR) is 99.5 cm³/mol. The summed E-state index contributed by atoms with van der Waals surface area (Å²) in [5.41, 5.74) is 1.22. The molecule has 7 heteroatoms. The molecule has 3 heterocycles. The number of methoxy groups -OCH3 is 1. The number of para-hydroxylation sites is 1. The Hall–Kier alpha value is -2.41. The molecule has 2 aromatic rings. The van der Waals surface area contributed by atoms with Crippen LogP contribution in [0, 0.1) is 11.8 Å². The Morgan fingerprint density at radius 2 is 2.00 bits per heavy atom. The molecule has 0 unspecified atom stereocenters. The summed E-state index contributed by atoms with van der Waals surface area (Å²) in [7, 11) is 1.72. The highest BCUT2D eigenvalue weighted by Gasteiger charge is 2.39. The van der Waals surface area contributed by atoms with Crippen LogP contribution in [0.15, 0.2) is 24.3 Å². The second-order valence-electron chi connectivity index (χ2n) is 8.03. The zero-order valence-electron chi connectivity index (χ0n) is 15.6. The second-order valence-corrected chi connectivity index (χ2v) is 8.03. The minimum absolute atomic E-state index is 0.0708. The number of fused-ring (bicyclic) bond motifs is 2. The molecule has 1 aromatic carbocycles. The summed E-state index contributed by atoms with van der Waals surface area (Å²) in [4.78, 5) is 14.9. The van der Waals surface area contributed by atoms with Crippen molar-refractivity contribution in [3.8, 4) is 5.75 Å². The number of likely N-dealkylation sites (tertiary alicyclic amines) is 1. The quantitative estimate of drug-likeness (QED) is 0.867. The van der Waals surface area contributed by atoms with E-state index in [1.165, 1.54) is 5.56 Å². The Bertz CT molecular complexity index is 860. The molecular weight excluding hydrogens is 342 g/mol. The Morgan fingerprint density at radius 3 is 2.81 bits per heavy atom. The molecule has 2 fully saturated rings. The number of carbonyl (C=O) groups excluding carboxylic acids is 1. The molecule has 1 N–H and O–H groups in total. The van der Waals surface area contributed by atoms with Crippen molar-refractivity contribution in [2.24, 2.45) is 11.8 Å². The molecular formula is C20H25N5O2. The molecule has 2 aliphatic heterocycles. The molecule has 1 saturated carbocycles. The fourth-order valence-corrected chi connectivity index (χ4v) is 4.47. The van der Waals surface area contributed by atoms with Crippen molar-refractivity contribution >= 4 is 5.91 Å². The molecule has 3 aliphatic rings. The average Bonchev–Trinajstić information content (AvgIpc) is 3.25. The number of hydrogen-bond acceptors (Lipinski definition) is 5. The Kier molecular flexibility index (Phi) is 4.11. The first-order valence-electron chi connectivity index (χ1n) is 9.78. The number of nitrogens with one attached hydrogen (secondary N) is 1. The van der Waals surface area contributed by atoms with E-state index in [0.29, 0.717) is 23.7 Å². The summed E-state index contributed by atoms with van der Waals surface area (Å²) in [5.74, 6) is 3.43. The van der Waals surface area contributed by atoms with Gasteiger partial charge in [-0.25, -0.2) is 0 Å². The molecule has 0 spiro atoms. The van der Waals surface area contributed by atoms with E-state index in [4.69, 9.17) is 4.74 Å². The van der Waals surface area contributed by atoms with E-state index in [0.717, 1.165) is 57.0 Å². The summed E-state index contributed by atoms with van der Waals surface area (Å²) in [6.07, 6.45) is 3.06. The van der Waals surface area contributed by atoms with Crippen molar-refractivity contribution in [1.82, 2.24) is 25.0 Å². The molecule has 1 aliphatic carbocycles. The van der Waals surface area contributed by atoms with Gasteiger partial charge in [0.15, 0.2) is 0 Å². The van der Waals surface area contributed by atoms with E-state index in [9.17, 15) is 4.79 Å². The topological polar surface area (TPSA) is 72.3 Å². The zero-order valence-corrected chi connectivity index (χ0v) is 15.6. The van der Waals surface area contributed by atoms with Gasteiger partial charge in [0.1, 0.15) is 11.6 Å². The highest BCUT2D eigenvalue weighted by Crippen LogP contribution is 2.34. The maximum atomic E-state index is 12.4. The first-order chi connectivity index (χ1) is 13.2. The van der Waals surface area contributed by atoms with Crippen molar-refractivity contribution in [2.45, 2.75) is 38.4 Å². The SMILES string of the molecule is COc1ccccc1CN1C[C@@H]2Cc3nnc(C(=O)NC4CC4)n3C[C@@H]2C1. The summed E-state index contributed by atoms with van der Waals surface area (Å²) < 4.78 is 7.54. The summed E-state index contributed by atoms with van der Waals surface area (Å²) in [5, 5.41) is 11.5. The molecule has 0 radical (unpaired) electrons. The van der Waals surface area contributed by atoms with Gasteiger partial charge in [0.2, 0.25) is 5.82 Å². The first-order valence-corrected chi connectivity index (χ1v) is 9.78. The number of rotatable bonds is 5. The third-order valence-electron chi connectivity index (χ3n) is 6.04. The number of ether oxygens (including phenoxy) is 1. The van der Waals surface area contributed by atoms with Crippen molar-refractivity contribution in [2.75, 3.05) is 20.2 Å². The van der Waals surface area contributed by atoms with Crippen LogP contribution in [0.5, 0.6) is 5.75 Å². The van der Waals surface area contributed by atoms with Crippen LogP contribution < -0.4 is 10.1 Å². The number of amides is 1. The molecule has 0 bridgehead atoms. The fourth-order valence-electron chi connectivity index (χ4n) is 4.47. The smallest absolute Gasteiger partial charge is 0.289 e. The van der Waals surface area contributed by atoms with Crippen LogP contribution in [0.2, 0.25) is 0 Å². The third-order valence-corrected chi connectivity index (χ3v) is 6.04. The lowest BCUT2D eigenvalue weighted by molar-refractivity contribution is 0.0932. The van der Waals surface area contributed by atoms with Crippen LogP contribution in [0.1, 0.15) is 34.8 Å². The standard InChI is InChI=1S/C20H25N5O2/c1-27-17-5-3-2-4-13(17)9-24-10-14-8-18-22-23-19(20(26)21-16-6-7-16)25(18)12-15(14)11-24/h2-5,14-16H,6-12H2,1H3,(H,21,26)/t14-,15-/m0/s1. The maximum Gasteiger partial charge on any atom is 0.289 e. The summed E-state index contributed by atoms with van der Waals surface area (Å²) >= 11 is 0. The van der Waals surface area contributed by atoms with Crippen molar-refractivity contribution in [1.29, 1.82) is 0 Å². The van der Waals surface area contributed by atoms with Crippen LogP contribution >= 0.6 is 0 Å². The van der Waals surface area contributed by atoms with E-state index in [1.807, 2.05) is 16.7 Å². The minimum atomic E-state index is -0.0708. The maximum absolute atomic E-state index is 12.4. The molecule has 5 rings (SSSR count). The molecule has 27 heavy (non-hydrogen) atoms. The van der Waals surface area contributed by atoms with Crippen LogP contribution in [0.3, 0.4) is 0 Å². The molecule has 1 aromatic heterocycles. The minimum Gasteiger partial charge on any atom is -0.496 e. The predicted octanol–water partition coefficient (Wildman–Crippen LogP) is 1.48. The Labute approximate surface area is 158 Å². The lowest BCUT2D eigenvalue weighted by Gasteiger charge is -2.25. The number of aromatic nitrogens is 3. The highest BCUT2D eigenvalue weighted by atomic mass is 16.5. The normalized spacial score (nSPS) is 24.3. The third kappa shape index (κ3) is 3.20. The van der Waals surface area contributed by atoms with Gasteiger partial charge in [0.25, 0.3) is 5.91 Å². The van der Waals surface area contributed by atoms with Crippen molar-refractivity contribution in [3.05, 3.63) is 41.5 Å². The van der Waals surface area contributed by atoms with Crippen molar-refractivity contribution < 1.29 is 9.53 Å². The van der Waals surface area contributed by atoms with E-state index >= 15 is 0 Å². The molecule has 1 amide bonds. The lowest BCUT2D eigenvalue weighted by Crippen LogP contribution is -2.33. The highest BCUT2D eigenvalue weighted by molar-refractivity contribution is 5.91. The molecule has 2 atom stereocenters. The fraction of sp³-hybridized carbons (Fsp3) is 0.550. The number of hydrogen-bond donors (Lipinski definition) is 1. The van der Waals surface area contributed by atoms with E-state index in [-0.39, 0.29) is 5.91 Å². The van der Waals surface area contributed by atoms with E-state index in [1.54, 1.807) is 7.11 Å². The average molecular weight is 367 g/mol. The Morgan fingerprint density at radius 1 is 1.19 bits per heavy atom. The van der Waals surface area contributed by atoms with Gasteiger partial charge in [-0.05, 0) is 30.7 Å². The second kappa shape index (κ2) is 6.64. The zero-order chi connectivity index (χ0) is 18.4. The molecule has 1 saturated heterocycles. The largest absolute Gasteiger partial charge is 0.496 e. The van der Waals surface area contributed by atoms with Gasteiger partial charge in [0, 0.05) is 44.2 Å². The van der Waals surface area contributed by atoms with Crippen molar-refractivity contribution in [3.63, 3.8) is 0 Å². The van der Waals surface area contributed by atoms with Gasteiger partial charge in [-0.1, -0.05) is 18.2 Å². The number of benzene rings is 1. The summed E-state index contributed by atoms with van der Waals surface area (Å²) in [6, 6.07) is 8.56. The van der Waals surface area contributed by atoms with Gasteiger partial charge in [-0.2, -0.15) is 0 Å². The van der Waals surface area contributed by atoms with Crippen LogP contribution in [-0.4, -0.2) is 51.8 Å². The van der Waals surface area contributed by atoms with E-state index < -0.39 is 0 Å². The molecule has 7 nitrogen and oxygen atoms in total. The van der Waals surface area contributed by atoms with E-state index in [2.05, 4.69) is 32.5 Å². The van der Waals surface area contributed by atoms with Crippen LogP contribution in [0.4, 0.5) is 0 Å². The van der Waals surface area contributed by atoms with Gasteiger partial charge >= 0.3 is 0 Å². The van der Waals surface area contributed by atoms with Gasteiger partial charge in [0.05, 0.1) is 7.11 Å². The summed E-state index contributed by atoms with van der Waals surface area (Å²) in [6.45, 7) is 3.82. The lowest BCUT2D eigenvalue weighted by atomic mass is 9.89. The number of carbonyl (C=O) groups is 1. The Balaban J connectivity index is 1.28. The first kappa shape index (κ1) is 16.7. The monoisotopic (exact) mass is 367 g/mol.